The van der Waals surface area contributed by atoms with Crippen LogP contribution in [-0.4, -0.2) is 8.44 Å². The monoisotopic (exact) mass is 577 g/mol. The summed E-state index contributed by atoms with van der Waals surface area (Å²) in [5.41, 5.74) is 5.25. The first kappa shape index (κ1) is 20.8. The van der Waals surface area contributed by atoms with Crippen LogP contribution in [0.4, 0.5) is 0 Å². The molecule has 0 aliphatic carbocycles. The lowest BCUT2D eigenvalue weighted by atomic mass is 9.91. The molecule has 0 saturated heterocycles. The Bertz CT molecular complexity index is 804. The Morgan fingerprint density at radius 2 is 1.92 bits per heavy atom. The van der Waals surface area contributed by atoms with Gasteiger partial charge in [0, 0.05) is 15.5 Å². The Kier molecular flexibility index (Phi) is 8.36. The molecule has 2 aromatic carbocycles. The predicted octanol–water partition coefficient (Wildman–Crippen LogP) is 6.61. The number of hydrogen-bond acceptors (Lipinski definition) is 0. The van der Waals surface area contributed by atoms with Crippen LogP contribution in [0, 0.1) is 15.2 Å². The molecule has 0 aliphatic rings. The van der Waals surface area contributed by atoms with Crippen molar-refractivity contribution in [2.24, 2.45) is 0 Å². The molecule has 132 valence electrons. The number of hydrogen-bond donors (Lipinski definition) is 0. The van der Waals surface area contributed by atoms with E-state index in [-0.39, 0.29) is 20.7 Å². The Balaban J connectivity index is 2.17. The average molecular weight is 578 g/mol. The summed E-state index contributed by atoms with van der Waals surface area (Å²) in [5, 5.41) is 0.932. The maximum atomic E-state index is 5.43. The quantitative estimate of drug-likeness (QED) is 0.268. The van der Waals surface area contributed by atoms with Crippen molar-refractivity contribution in [2.75, 3.05) is 4.93 Å². The zero-order chi connectivity index (χ0) is 18.4. The van der Waals surface area contributed by atoms with Crippen LogP contribution in [0.2, 0.25) is 5.02 Å². The molecule has 0 aromatic heterocycles. The highest BCUT2D eigenvalue weighted by molar-refractivity contribution is 14.2. The van der Waals surface area contributed by atoms with E-state index in [9.17, 15) is 0 Å². The van der Waals surface area contributed by atoms with Crippen LogP contribution in [0.3, 0.4) is 0 Å². The van der Waals surface area contributed by atoms with Gasteiger partial charge in [0.15, 0.2) is 11.6 Å². The highest BCUT2D eigenvalue weighted by atomic mass is 127. The van der Waals surface area contributed by atoms with Crippen molar-refractivity contribution in [2.45, 2.75) is 26.2 Å². The van der Waals surface area contributed by atoms with Gasteiger partial charge in [0.25, 0.3) is 0 Å². The summed E-state index contributed by atoms with van der Waals surface area (Å²) < 4.78 is 2.57. The number of rotatable bonds is 6. The van der Waals surface area contributed by atoms with E-state index < -0.39 is 0 Å². The second-order valence-electron chi connectivity index (χ2n) is 6.13. The minimum atomic E-state index is -0.0351. The molecule has 2 aromatic rings. The molecule has 0 radical (unpaired) electrons. The van der Waals surface area contributed by atoms with Crippen molar-refractivity contribution in [3.8, 4) is 0 Å². The van der Waals surface area contributed by atoms with Crippen molar-refractivity contribution in [1.82, 2.24) is 0 Å². The molecule has 0 spiro atoms. The fourth-order valence-corrected chi connectivity index (χ4v) is 5.19. The molecule has 0 saturated carbocycles. The zero-order valence-electron chi connectivity index (χ0n) is 14.9. The maximum Gasteiger partial charge on any atom is 0.239 e. The lowest BCUT2D eigenvalue weighted by Gasteiger charge is -2.16. The average Bonchev–Trinajstić information content (AvgIpc) is 2.61. The summed E-state index contributed by atoms with van der Waals surface area (Å²) >= 11 is 7.69. The minimum Gasteiger partial charge on any atom is -0.118 e. The Morgan fingerprint density at radius 1 is 1.24 bits per heavy atom. The molecule has 0 nitrogen and oxygen atoms in total. The fraction of sp³-hybridized carbons (Fsp3) is 0.227. The molecule has 0 unspecified atom stereocenters. The molecule has 0 amide bonds. The number of benzene rings is 2. The van der Waals surface area contributed by atoms with Gasteiger partial charge in [-0.05, 0) is 63.6 Å². The van der Waals surface area contributed by atoms with Crippen LogP contribution >= 0.6 is 43.3 Å². The lowest BCUT2D eigenvalue weighted by molar-refractivity contribution is -0.290. The van der Waals surface area contributed by atoms with Gasteiger partial charge in [0.2, 0.25) is 5.02 Å². The van der Waals surface area contributed by atoms with E-state index in [2.05, 4.69) is 103 Å². The minimum absolute atomic E-state index is 0.0351. The smallest absolute Gasteiger partial charge is 0.118 e. The normalized spacial score (nSPS) is 14.0. The largest absolute Gasteiger partial charge is 0.239 e. The maximum absolute atomic E-state index is 5.43. The van der Waals surface area contributed by atoms with Gasteiger partial charge in [-0.2, -0.15) is 0 Å². The van der Waals surface area contributed by atoms with E-state index in [1.807, 2.05) is 0 Å². The zero-order valence-corrected chi connectivity index (χ0v) is 20.0. The molecule has 25 heavy (non-hydrogen) atoms. The molecule has 0 heterocycles. The van der Waals surface area contributed by atoms with Crippen molar-refractivity contribution >= 4 is 46.8 Å². The molecule has 0 bridgehead atoms. The first-order chi connectivity index (χ1) is 11.9. The SMILES string of the molecule is C=C(C(/C=C(\C)Cc1ccccc1)=IC)[C@@H](C)c1ccc(I)c([ClH+])c1. The summed E-state index contributed by atoms with van der Waals surface area (Å²) in [6, 6.07) is 17.1. The Labute approximate surface area is 180 Å². The Hall–Kier alpha value is -0.460. The number of halogens is 3. The first-order valence-corrected chi connectivity index (χ1v) is 12.9. The summed E-state index contributed by atoms with van der Waals surface area (Å²) in [7, 11) is 0. The third kappa shape index (κ3) is 6.04. The van der Waals surface area contributed by atoms with Crippen LogP contribution in [0.15, 0.2) is 72.3 Å². The van der Waals surface area contributed by atoms with E-state index in [1.54, 1.807) is 0 Å². The van der Waals surface area contributed by atoms with Crippen molar-refractivity contribution < 1.29 is 11.6 Å². The Morgan fingerprint density at radius 3 is 2.52 bits per heavy atom. The van der Waals surface area contributed by atoms with E-state index in [0.29, 0.717) is 5.92 Å². The van der Waals surface area contributed by atoms with Gasteiger partial charge in [0.05, 0.1) is 3.57 Å². The van der Waals surface area contributed by atoms with Gasteiger partial charge < -0.3 is 0 Å². The molecular formula is C22H24ClI2+. The van der Waals surface area contributed by atoms with Crippen LogP contribution in [-0.2, 0) is 6.42 Å². The summed E-state index contributed by atoms with van der Waals surface area (Å²) in [6.45, 7) is 8.88. The fourth-order valence-electron chi connectivity index (χ4n) is 2.65. The number of alkyl halides is 1. The van der Waals surface area contributed by atoms with Gasteiger partial charge in [-0.25, -0.2) is 0 Å². The molecule has 0 aliphatic heterocycles. The third-order valence-corrected chi connectivity index (χ3v) is 8.00. The molecule has 0 N–H and O–H groups in total. The summed E-state index contributed by atoms with van der Waals surface area (Å²) in [5.74, 6) is 0.300. The molecule has 1 atom stereocenters. The lowest BCUT2D eigenvalue weighted by Crippen LogP contribution is -2.06. The highest BCUT2D eigenvalue weighted by Crippen LogP contribution is 2.29. The van der Waals surface area contributed by atoms with Crippen LogP contribution in [0.25, 0.3) is 0 Å². The van der Waals surface area contributed by atoms with E-state index >= 15 is 0 Å². The highest BCUT2D eigenvalue weighted by Gasteiger charge is 2.15. The standard InChI is InChI=1S/C22H24ClI2/c1-15(12-18-8-6-5-7-9-18)13-22(25-4)17(3)16(2)19-10-11-21(24)20(23)14-19/h5-11,13-14,16,23H,3,12H2,1-2,4H3/q+1/b15-13+/t16-/m1/s1. The van der Waals surface area contributed by atoms with E-state index in [1.165, 1.54) is 25.8 Å². The van der Waals surface area contributed by atoms with Crippen molar-refractivity contribution in [3.63, 3.8) is 0 Å². The summed E-state index contributed by atoms with van der Waals surface area (Å²) in [4.78, 5) is 2.31. The predicted molar refractivity (Wildman–Crippen MR) is 126 cm³/mol. The molecular weight excluding hydrogens is 554 g/mol. The van der Waals surface area contributed by atoms with E-state index in [4.69, 9.17) is 11.6 Å². The molecule has 3 heteroatoms. The first-order valence-electron chi connectivity index (χ1n) is 8.15. The third-order valence-electron chi connectivity index (χ3n) is 4.19. The topological polar surface area (TPSA) is 0 Å². The van der Waals surface area contributed by atoms with Gasteiger partial charge in [-0.15, -0.1) is 20.7 Å². The summed E-state index contributed by atoms with van der Waals surface area (Å²) in [6.07, 6.45) is 3.36. The molecule has 0 fully saturated rings. The van der Waals surface area contributed by atoms with Gasteiger partial charge in [-0.1, -0.05) is 61.5 Å². The van der Waals surface area contributed by atoms with Crippen LogP contribution in [0.5, 0.6) is 0 Å². The van der Waals surface area contributed by atoms with Gasteiger partial charge >= 0.3 is 0 Å². The van der Waals surface area contributed by atoms with E-state index in [0.717, 1.165) is 15.0 Å². The second-order valence-corrected chi connectivity index (χ2v) is 9.97. The molecule has 2 rings (SSSR count). The van der Waals surface area contributed by atoms with Gasteiger partial charge in [0.1, 0.15) is 0 Å². The van der Waals surface area contributed by atoms with Crippen LogP contribution < -0.4 is 0 Å². The van der Waals surface area contributed by atoms with Crippen molar-refractivity contribution in [1.29, 1.82) is 0 Å². The van der Waals surface area contributed by atoms with Crippen LogP contribution in [0.1, 0.15) is 30.9 Å². The van der Waals surface area contributed by atoms with Crippen molar-refractivity contribution in [3.05, 3.63) is 92.1 Å². The van der Waals surface area contributed by atoms with Gasteiger partial charge in [-0.3, -0.25) is 0 Å². The number of allylic oxidation sites excluding steroid dienone is 3. The second kappa shape index (κ2) is 10.0.